The third-order valence-corrected chi connectivity index (χ3v) is 6.08. The molecule has 1 aromatic carbocycles. The number of rotatable bonds is 5. The van der Waals surface area contributed by atoms with Crippen LogP contribution in [0.15, 0.2) is 22.6 Å². The number of amides is 1. The zero-order chi connectivity index (χ0) is 19.7. The third-order valence-electron chi connectivity index (χ3n) is 5.22. The lowest BCUT2D eigenvalue weighted by molar-refractivity contribution is -0.131. The summed E-state index contributed by atoms with van der Waals surface area (Å²) in [5.41, 5.74) is 1.23. The average Bonchev–Trinajstić information content (AvgIpc) is 3.48. The summed E-state index contributed by atoms with van der Waals surface area (Å²) in [6.45, 7) is 2.42. The lowest BCUT2D eigenvalue weighted by Crippen LogP contribution is -2.49. The molecule has 1 amide bonds. The van der Waals surface area contributed by atoms with Gasteiger partial charge in [0.05, 0.1) is 10.0 Å². The van der Waals surface area contributed by atoms with Gasteiger partial charge in [-0.3, -0.25) is 4.79 Å². The molecule has 146 valence electrons. The van der Waals surface area contributed by atoms with Crippen molar-refractivity contribution in [1.29, 1.82) is 5.26 Å². The van der Waals surface area contributed by atoms with E-state index in [0.29, 0.717) is 72.5 Å². The molecule has 0 bridgehead atoms. The zero-order valence-electron chi connectivity index (χ0n) is 15.3. The highest BCUT2D eigenvalue weighted by Gasteiger charge is 2.32. The molecule has 0 spiro atoms. The van der Waals surface area contributed by atoms with Gasteiger partial charge in [0.2, 0.25) is 23.4 Å². The molecule has 0 N–H and O–H groups in total. The summed E-state index contributed by atoms with van der Waals surface area (Å²) in [6, 6.07) is 7.60. The Morgan fingerprint density at radius 2 is 2.00 bits per heavy atom. The summed E-state index contributed by atoms with van der Waals surface area (Å²) in [5.74, 6) is 1.67. The molecule has 0 unspecified atom stereocenters. The highest BCUT2D eigenvalue weighted by Crippen LogP contribution is 2.41. The van der Waals surface area contributed by atoms with Gasteiger partial charge in [-0.15, -0.1) is 0 Å². The van der Waals surface area contributed by atoms with E-state index in [1.807, 2.05) is 21.9 Å². The van der Waals surface area contributed by atoms with Gasteiger partial charge in [0.15, 0.2) is 0 Å². The van der Waals surface area contributed by atoms with Crippen LogP contribution in [-0.4, -0.2) is 42.0 Å². The highest BCUT2D eigenvalue weighted by atomic mass is 35.5. The van der Waals surface area contributed by atoms with Gasteiger partial charge < -0.3 is 14.2 Å². The maximum atomic E-state index is 12.6. The summed E-state index contributed by atoms with van der Waals surface area (Å²) in [7, 11) is 0. The van der Waals surface area contributed by atoms with Crippen LogP contribution in [0.5, 0.6) is 0 Å². The van der Waals surface area contributed by atoms with Crippen molar-refractivity contribution < 1.29 is 9.21 Å². The second-order valence-corrected chi connectivity index (χ2v) is 7.96. The molecule has 2 aromatic rings. The number of hydrogen-bond acceptors (Lipinski definition) is 5. The minimum Gasteiger partial charge on any atom is -0.423 e. The number of carbonyl (C=O) groups excluding carboxylic acids is 1. The Hall–Kier alpha value is -2.23. The minimum absolute atomic E-state index is 0.0902. The average molecular weight is 419 g/mol. The molecule has 1 aliphatic carbocycles. The van der Waals surface area contributed by atoms with Crippen molar-refractivity contribution in [1.82, 2.24) is 9.88 Å². The van der Waals surface area contributed by atoms with Gasteiger partial charge in [-0.25, -0.2) is 4.98 Å². The lowest BCUT2D eigenvalue weighted by atomic mass is 10.1. The summed E-state index contributed by atoms with van der Waals surface area (Å²) < 4.78 is 5.86. The second-order valence-electron chi connectivity index (χ2n) is 7.17. The maximum absolute atomic E-state index is 12.6. The largest absolute Gasteiger partial charge is 0.423 e. The predicted octanol–water partition coefficient (Wildman–Crippen LogP) is 4.01. The number of nitriles is 1. The van der Waals surface area contributed by atoms with E-state index < -0.39 is 0 Å². The monoisotopic (exact) mass is 418 g/mol. The quantitative estimate of drug-likeness (QED) is 0.732. The van der Waals surface area contributed by atoms with E-state index in [9.17, 15) is 10.1 Å². The van der Waals surface area contributed by atoms with E-state index in [4.69, 9.17) is 27.6 Å². The SMILES string of the molecule is N#Cc1nc(C2CC2)oc1N1CCN(C(=O)CCc2cccc(Cl)c2Cl)CC1. The van der Waals surface area contributed by atoms with Crippen molar-refractivity contribution >= 4 is 35.0 Å². The van der Waals surface area contributed by atoms with Crippen molar-refractivity contribution in [2.24, 2.45) is 0 Å². The van der Waals surface area contributed by atoms with Crippen molar-refractivity contribution in [2.75, 3.05) is 31.1 Å². The molecule has 1 aliphatic heterocycles. The van der Waals surface area contributed by atoms with Crippen molar-refractivity contribution in [3.8, 4) is 6.07 Å². The first-order valence-electron chi connectivity index (χ1n) is 9.43. The number of aromatic nitrogens is 1. The summed E-state index contributed by atoms with van der Waals surface area (Å²) in [5, 5.41) is 10.4. The summed E-state index contributed by atoms with van der Waals surface area (Å²) in [4.78, 5) is 20.8. The number of oxazole rings is 1. The van der Waals surface area contributed by atoms with Crippen LogP contribution < -0.4 is 4.90 Å². The van der Waals surface area contributed by atoms with Gasteiger partial charge in [-0.2, -0.15) is 5.26 Å². The molecule has 8 heteroatoms. The molecular weight excluding hydrogens is 399 g/mol. The van der Waals surface area contributed by atoms with E-state index >= 15 is 0 Å². The molecule has 0 radical (unpaired) electrons. The smallest absolute Gasteiger partial charge is 0.234 e. The molecular formula is C20H20Cl2N4O2. The van der Waals surface area contributed by atoms with E-state index in [-0.39, 0.29) is 5.91 Å². The van der Waals surface area contributed by atoms with Gasteiger partial charge >= 0.3 is 0 Å². The van der Waals surface area contributed by atoms with E-state index in [2.05, 4.69) is 11.1 Å². The van der Waals surface area contributed by atoms with Gasteiger partial charge in [0.1, 0.15) is 6.07 Å². The molecule has 2 heterocycles. The molecule has 4 rings (SSSR count). The van der Waals surface area contributed by atoms with Crippen molar-refractivity contribution in [2.45, 2.75) is 31.6 Å². The molecule has 6 nitrogen and oxygen atoms in total. The van der Waals surface area contributed by atoms with E-state index in [1.165, 1.54) is 0 Å². The molecule has 2 fully saturated rings. The first kappa shape index (κ1) is 19.1. The van der Waals surface area contributed by atoms with Crippen LogP contribution in [0.1, 0.15) is 42.3 Å². The number of carbonyl (C=O) groups is 1. The maximum Gasteiger partial charge on any atom is 0.234 e. The van der Waals surface area contributed by atoms with Gasteiger partial charge in [-0.05, 0) is 30.9 Å². The van der Waals surface area contributed by atoms with Gasteiger partial charge in [0.25, 0.3) is 0 Å². The van der Waals surface area contributed by atoms with Crippen LogP contribution in [0.2, 0.25) is 10.0 Å². The number of piperazine rings is 1. The van der Waals surface area contributed by atoms with Crippen LogP contribution in [0.25, 0.3) is 0 Å². The van der Waals surface area contributed by atoms with Crippen LogP contribution in [0, 0.1) is 11.3 Å². The highest BCUT2D eigenvalue weighted by molar-refractivity contribution is 6.42. The number of anilines is 1. The zero-order valence-corrected chi connectivity index (χ0v) is 16.8. The van der Waals surface area contributed by atoms with E-state index in [1.54, 1.807) is 6.07 Å². The molecule has 1 saturated heterocycles. The lowest BCUT2D eigenvalue weighted by Gasteiger charge is -2.34. The van der Waals surface area contributed by atoms with Crippen molar-refractivity contribution in [3.05, 3.63) is 45.4 Å². The first-order chi connectivity index (χ1) is 13.6. The fraction of sp³-hybridized carbons (Fsp3) is 0.450. The topological polar surface area (TPSA) is 73.4 Å². The van der Waals surface area contributed by atoms with Crippen LogP contribution in [-0.2, 0) is 11.2 Å². The summed E-state index contributed by atoms with van der Waals surface area (Å²) in [6.07, 6.45) is 3.09. The van der Waals surface area contributed by atoms with Crippen LogP contribution in [0.4, 0.5) is 5.88 Å². The summed E-state index contributed by atoms with van der Waals surface area (Å²) >= 11 is 12.2. The first-order valence-corrected chi connectivity index (χ1v) is 10.2. The molecule has 1 aromatic heterocycles. The Labute approximate surface area is 173 Å². The van der Waals surface area contributed by atoms with Crippen LogP contribution >= 0.6 is 23.2 Å². The third kappa shape index (κ3) is 3.96. The van der Waals surface area contributed by atoms with Crippen molar-refractivity contribution in [3.63, 3.8) is 0 Å². The Morgan fingerprint density at radius 1 is 1.25 bits per heavy atom. The molecule has 1 saturated carbocycles. The Kier molecular flexibility index (Phi) is 5.47. The van der Waals surface area contributed by atoms with E-state index in [0.717, 1.165) is 18.4 Å². The normalized spacial score (nSPS) is 16.9. The molecule has 28 heavy (non-hydrogen) atoms. The molecule has 2 aliphatic rings. The minimum atomic E-state index is 0.0902. The number of hydrogen-bond donors (Lipinski definition) is 0. The predicted molar refractivity (Wildman–Crippen MR) is 107 cm³/mol. The Balaban J connectivity index is 1.33. The fourth-order valence-corrected chi connectivity index (χ4v) is 3.84. The Morgan fingerprint density at radius 3 is 2.68 bits per heavy atom. The van der Waals surface area contributed by atoms with Gasteiger partial charge in [0, 0.05) is 38.5 Å². The number of aryl methyl sites for hydroxylation is 1. The standard InChI is InChI=1S/C20H20Cl2N4O2/c21-15-3-1-2-13(18(15)22)6-7-17(27)25-8-10-26(11-9-25)20-16(12-23)24-19(28-20)14-4-5-14/h1-3,14H,4-11H2. The molecule has 0 atom stereocenters. The number of halogens is 2. The Bertz CT molecular complexity index is 925. The fourth-order valence-electron chi connectivity index (χ4n) is 3.42. The number of nitrogens with zero attached hydrogens (tertiary/aromatic N) is 4. The second kappa shape index (κ2) is 8.02. The van der Waals surface area contributed by atoms with Gasteiger partial charge in [-0.1, -0.05) is 35.3 Å². The number of benzene rings is 1. The van der Waals surface area contributed by atoms with Crippen LogP contribution in [0.3, 0.4) is 0 Å².